The number of hydrogen-bond acceptors (Lipinski definition) is 4. The van der Waals surface area contributed by atoms with Gasteiger partial charge >= 0.3 is 6.36 Å². The number of halogens is 3. The van der Waals surface area contributed by atoms with E-state index in [4.69, 9.17) is 4.74 Å². The van der Waals surface area contributed by atoms with Crippen molar-refractivity contribution in [1.82, 2.24) is 4.90 Å². The Morgan fingerprint density at radius 1 is 0.964 bits per heavy atom. The molecule has 1 aliphatic heterocycles. The van der Waals surface area contributed by atoms with Gasteiger partial charge in [0, 0.05) is 13.1 Å². The molecule has 0 aromatic heterocycles. The Morgan fingerprint density at radius 3 is 2.46 bits per heavy atom. The SMILES string of the molecule is OC1(COc2ccccc2)CCCN(Cc2cccc(OC(F)(F)F)c2)CC1. The van der Waals surface area contributed by atoms with Crippen LogP contribution in [0, 0.1) is 0 Å². The van der Waals surface area contributed by atoms with E-state index in [0.717, 1.165) is 24.3 Å². The third kappa shape index (κ3) is 6.42. The van der Waals surface area contributed by atoms with Crippen LogP contribution in [-0.4, -0.2) is 41.7 Å². The molecule has 1 unspecified atom stereocenters. The highest BCUT2D eigenvalue weighted by molar-refractivity contribution is 5.28. The predicted molar refractivity (Wildman–Crippen MR) is 99.1 cm³/mol. The van der Waals surface area contributed by atoms with Gasteiger partial charge in [0.05, 0.1) is 5.60 Å². The van der Waals surface area contributed by atoms with E-state index in [9.17, 15) is 18.3 Å². The highest BCUT2D eigenvalue weighted by Gasteiger charge is 2.32. The largest absolute Gasteiger partial charge is 0.573 e. The van der Waals surface area contributed by atoms with Gasteiger partial charge in [-0.15, -0.1) is 13.2 Å². The monoisotopic (exact) mass is 395 g/mol. The number of benzene rings is 2. The van der Waals surface area contributed by atoms with Gasteiger partial charge in [0.15, 0.2) is 0 Å². The molecule has 2 aromatic rings. The van der Waals surface area contributed by atoms with Crippen LogP contribution in [0.15, 0.2) is 54.6 Å². The van der Waals surface area contributed by atoms with Crippen LogP contribution in [0.25, 0.3) is 0 Å². The smallest absolute Gasteiger partial charge is 0.491 e. The van der Waals surface area contributed by atoms with E-state index in [1.54, 1.807) is 12.1 Å². The topological polar surface area (TPSA) is 41.9 Å². The number of para-hydroxylation sites is 1. The van der Waals surface area contributed by atoms with Crippen LogP contribution in [0.5, 0.6) is 11.5 Å². The first-order chi connectivity index (χ1) is 13.3. The molecule has 0 amide bonds. The third-order valence-electron chi connectivity index (χ3n) is 4.80. The molecule has 0 spiro atoms. The van der Waals surface area contributed by atoms with E-state index >= 15 is 0 Å². The Balaban J connectivity index is 1.54. The molecule has 1 aliphatic rings. The second-order valence-corrected chi connectivity index (χ2v) is 7.15. The van der Waals surface area contributed by atoms with Crippen molar-refractivity contribution in [2.75, 3.05) is 19.7 Å². The highest BCUT2D eigenvalue weighted by atomic mass is 19.4. The number of rotatable bonds is 6. The summed E-state index contributed by atoms with van der Waals surface area (Å²) < 4.78 is 46.9. The van der Waals surface area contributed by atoms with Gasteiger partial charge in [-0.1, -0.05) is 30.3 Å². The summed E-state index contributed by atoms with van der Waals surface area (Å²) in [5.74, 6) is 0.506. The second kappa shape index (κ2) is 8.84. The van der Waals surface area contributed by atoms with Crippen LogP contribution in [0.1, 0.15) is 24.8 Å². The molecule has 0 saturated carbocycles. The Bertz CT molecular complexity index is 754. The first kappa shape index (κ1) is 20.5. The summed E-state index contributed by atoms with van der Waals surface area (Å²) in [4.78, 5) is 2.13. The van der Waals surface area contributed by atoms with Crippen molar-refractivity contribution in [3.8, 4) is 11.5 Å². The van der Waals surface area contributed by atoms with E-state index in [1.807, 2.05) is 30.3 Å². The van der Waals surface area contributed by atoms with Crippen LogP contribution in [0.4, 0.5) is 13.2 Å². The lowest BCUT2D eigenvalue weighted by Gasteiger charge is -2.27. The average molecular weight is 395 g/mol. The predicted octanol–water partition coefficient (Wildman–Crippen LogP) is 4.38. The Kier molecular flexibility index (Phi) is 6.46. The zero-order valence-corrected chi connectivity index (χ0v) is 15.5. The van der Waals surface area contributed by atoms with Gasteiger partial charge in [-0.25, -0.2) is 0 Å². The third-order valence-corrected chi connectivity index (χ3v) is 4.80. The van der Waals surface area contributed by atoms with Crippen molar-refractivity contribution < 1.29 is 27.8 Å². The summed E-state index contributed by atoms with van der Waals surface area (Å²) in [6, 6.07) is 15.4. The van der Waals surface area contributed by atoms with Crippen LogP contribution in [0.3, 0.4) is 0 Å². The molecule has 1 N–H and O–H groups in total. The lowest BCUT2D eigenvalue weighted by Crippen LogP contribution is -2.37. The fourth-order valence-electron chi connectivity index (χ4n) is 3.37. The van der Waals surface area contributed by atoms with Gasteiger partial charge in [-0.3, -0.25) is 4.90 Å². The molecule has 28 heavy (non-hydrogen) atoms. The average Bonchev–Trinajstić information content (AvgIpc) is 2.82. The zero-order chi connectivity index (χ0) is 20.0. The number of aliphatic hydroxyl groups is 1. The number of nitrogens with zero attached hydrogens (tertiary/aromatic N) is 1. The van der Waals surface area contributed by atoms with Crippen LogP contribution in [0.2, 0.25) is 0 Å². The Morgan fingerprint density at radius 2 is 1.71 bits per heavy atom. The number of ether oxygens (including phenoxy) is 2. The van der Waals surface area contributed by atoms with E-state index in [2.05, 4.69) is 9.64 Å². The van der Waals surface area contributed by atoms with Crippen LogP contribution in [-0.2, 0) is 6.54 Å². The lowest BCUT2D eigenvalue weighted by molar-refractivity contribution is -0.274. The fourth-order valence-corrected chi connectivity index (χ4v) is 3.37. The summed E-state index contributed by atoms with van der Waals surface area (Å²) in [5, 5.41) is 10.9. The maximum absolute atomic E-state index is 12.4. The first-order valence-electron chi connectivity index (χ1n) is 9.29. The molecule has 1 atom stereocenters. The zero-order valence-electron chi connectivity index (χ0n) is 15.5. The molecular weight excluding hydrogens is 371 g/mol. The molecule has 1 heterocycles. The number of likely N-dealkylation sites (tertiary alicyclic amines) is 1. The quantitative estimate of drug-likeness (QED) is 0.788. The minimum absolute atomic E-state index is 0.215. The maximum atomic E-state index is 12.4. The molecule has 0 radical (unpaired) electrons. The first-order valence-corrected chi connectivity index (χ1v) is 9.29. The molecule has 3 rings (SSSR count). The van der Waals surface area contributed by atoms with Gasteiger partial charge in [0.1, 0.15) is 18.1 Å². The van der Waals surface area contributed by atoms with E-state index < -0.39 is 12.0 Å². The Hall–Kier alpha value is -2.25. The van der Waals surface area contributed by atoms with Gasteiger partial charge in [0.25, 0.3) is 0 Å². The van der Waals surface area contributed by atoms with Gasteiger partial charge in [-0.2, -0.15) is 0 Å². The molecule has 0 aliphatic carbocycles. The normalized spacial score (nSPS) is 21.1. The van der Waals surface area contributed by atoms with Crippen molar-refractivity contribution in [2.24, 2.45) is 0 Å². The van der Waals surface area contributed by atoms with Gasteiger partial charge in [-0.05, 0) is 55.6 Å². The molecule has 7 heteroatoms. The highest BCUT2D eigenvalue weighted by Crippen LogP contribution is 2.27. The van der Waals surface area contributed by atoms with E-state index in [1.165, 1.54) is 12.1 Å². The summed E-state index contributed by atoms with van der Waals surface area (Å²) in [6.07, 6.45) is -2.75. The fraction of sp³-hybridized carbons (Fsp3) is 0.429. The summed E-state index contributed by atoms with van der Waals surface area (Å²) in [6.45, 7) is 2.13. The van der Waals surface area contributed by atoms with Crippen molar-refractivity contribution in [1.29, 1.82) is 0 Å². The van der Waals surface area contributed by atoms with Gasteiger partial charge < -0.3 is 14.6 Å². The summed E-state index contributed by atoms with van der Waals surface area (Å²) in [5.41, 5.74) is -0.168. The summed E-state index contributed by atoms with van der Waals surface area (Å²) in [7, 11) is 0. The van der Waals surface area contributed by atoms with Crippen molar-refractivity contribution in [3.05, 3.63) is 60.2 Å². The molecule has 2 aromatic carbocycles. The Labute approximate surface area is 162 Å². The molecule has 1 saturated heterocycles. The molecule has 152 valence electrons. The minimum atomic E-state index is -4.70. The maximum Gasteiger partial charge on any atom is 0.573 e. The molecule has 0 bridgehead atoms. The van der Waals surface area contributed by atoms with Crippen molar-refractivity contribution in [3.63, 3.8) is 0 Å². The molecule has 1 fully saturated rings. The van der Waals surface area contributed by atoms with Crippen LogP contribution >= 0.6 is 0 Å². The van der Waals surface area contributed by atoms with E-state index in [-0.39, 0.29) is 12.4 Å². The van der Waals surface area contributed by atoms with Crippen molar-refractivity contribution in [2.45, 2.75) is 37.8 Å². The van der Waals surface area contributed by atoms with Crippen molar-refractivity contribution >= 4 is 0 Å². The summed E-state index contributed by atoms with van der Waals surface area (Å²) >= 11 is 0. The molecular formula is C21H24F3NO3. The number of alkyl halides is 3. The minimum Gasteiger partial charge on any atom is -0.491 e. The van der Waals surface area contributed by atoms with Gasteiger partial charge in [0.2, 0.25) is 0 Å². The van der Waals surface area contributed by atoms with E-state index in [0.29, 0.717) is 25.9 Å². The number of hydrogen-bond donors (Lipinski definition) is 1. The standard InChI is InChI=1S/C21H24F3NO3/c22-21(23,24)28-19-9-4-6-17(14-19)15-25-12-5-10-20(26,11-13-25)16-27-18-7-2-1-3-8-18/h1-4,6-9,14,26H,5,10-13,15-16H2. The van der Waals surface area contributed by atoms with Crippen LogP contribution < -0.4 is 9.47 Å². The lowest BCUT2D eigenvalue weighted by atomic mass is 9.96. The second-order valence-electron chi connectivity index (χ2n) is 7.15. The molecule has 4 nitrogen and oxygen atoms in total.